The molecule has 0 unspecified atom stereocenters. The van der Waals surface area contributed by atoms with Crippen molar-refractivity contribution in [3.8, 4) is 5.75 Å². The monoisotopic (exact) mass is 530 g/mol. The Morgan fingerprint density at radius 2 is 1.38 bits per heavy atom. The Labute approximate surface area is 236 Å². The first-order valence-corrected chi connectivity index (χ1v) is 14.0. The average molecular weight is 531 g/mol. The summed E-state index contributed by atoms with van der Waals surface area (Å²) in [5, 5.41) is 0. The van der Waals surface area contributed by atoms with Crippen molar-refractivity contribution in [2.24, 2.45) is 0 Å². The number of hydrogen-bond donors (Lipinski definition) is 0. The molecule has 0 N–H and O–H groups in total. The molecule has 40 heavy (non-hydrogen) atoms. The number of hydrogen-bond acceptors (Lipinski definition) is 5. The zero-order valence-corrected chi connectivity index (χ0v) is 22.8. The van der Waals surface area contributed by atoms with Crippen molar-refractivity contribution < 1.29 is 14.3 Å². The minimum absolute atomic E-state index is 0.162. The Bertz CT molecular complexity index is 1430. The zero-order chi connectivity index (χ0) is 27.4. The van der Waals surface area contributed by atoms with Gasteiger partial charge in [0.05, 0.1) is 13.2 Å². The lowest BCUT2D eigenvalue weighted by Crippen LogP contribution is -2.49. The Morgan fingerprint density at radius 1 is 0.800 bits per heavy atom. The number of esters is 1. The van der Waals surface area contributed by atoms with Gasteiger partial charge in [-0.1, -0.05) is 66.7 Å². The van der Waals surface area contributed by atoms with E-state index in [1.807, 2.05) is 25.1 Å². The summed E-state index contributed by atoms with van der Waals surface area (Å²) in [4.78, 5) is 16.5. The van der Waals surface area contributed by atoms with Crippen molar-refractivity contribution in [2.45, 2.75) is 25.4 Å². The Kier molecular flexibility index (Phi) is 7.39. The number of nitrogens with zero attached hydrogens (tertiary/aromatic N) is 2. The highest BCUT2D eigenvalue weighted by Gasteiger charge is 2.39. The molecule has 202 valence electrons. The molecule has 0 saturated carbocycles. The summed E-state index contributed by atoms with van der Waals surface area (Å²) >= 11 is 0. The van der Waals surface area contributed by atoms with Crippen LogP contribution in [0.2, 0.25) is 0 Å². The van der Waals surface area contributed by atoms with Gasteiger partial charge in [-0.3, -0.25) is 9.69 Å². The fourth-order valence-corrected chi connectivity index (χ4v) is 5.72. The molecule has 1 saturated heterocycles. The molecule has 4 aromatic carbocycles. The van der Waals surface area contributed by atoms with Crippen LogP contribution in [0.5, 0.6) is 5.75 Å². The normalized spacial score (nSPS) is 16.0. The number of ether oxygens (including phenoxy) is 2. The highest BCUT2D eigenvalue weighted by molar-refractivity contribution is 5.86. The Morgan fingerprint density at radius 3 is 2.00 bits per heavy atom. The van der Waals surface area contributed by atoms with E-state index in [0.29, 0.717) is 13.2 Å². The van der Waals surface area contributed by atoms with Gasteiger partial charge in [-0.2, -0.15) is 0 Å². The number of carbonyl (C=O) groups excluding carboxylic acids is 1. The van der Waals surface area contributed by atoms with Crippen molar-refractivity contribution in [1.29, 1.82) is 0 Å². The molecule has 1 spiro atoms. The minimum atomic E-state index is -0.395. The first kappa shape index (κ1) is 25.9. The molecule has 0 atom stereocenters. The van der Waals surface area contributed by atoms with Crippen LogP contribution < -0.4 is 9.64 Å². The summed E-state index contributed by atoms with van der Waals surface area (Å²) < 4.78 is 11.8. The summed E-state index contributed by atoms with van der Waals surface area (Å²) in [7, 11) is 0. The third-order valence-electron chi connectivity index (χ3n) is 7.72. The number of benzene rings is 4. The lowest BCUT2D eigenvalue weighted by molar-refractivity contribution is -0.145. The minimum Gasteiger partial charge on any atom is -0.482 e. The number of para-hydroxylation sites is 3. The maximum Gasteiger partial charge on any atom is 0.320 e. The number of rotatable bonds is 7. The van der Waals surface area contributed by atoms with Crippen molar-refractivity contribution in [2.75, 3.05) is 31.1 Å². The SMILES string of the molecule is CCOC(=O)CN1CCC2(C=C(c3ccc(N(c4ccccc4)c4ccccc4)cc3)c3ccccc3O2)CC1. The van der Waals surface area contributed by atoms with Gasteiger partial charge in [-0.05, 0) is 66.6 Å². The van der Waals surface area contributed by atoms with Gasteiger partial charge in [-0.15, -0.1) is 0 Å². The predicted octanol–water partition coefficient (Wildman–Crippen LogP) is 7.38. The van der Waals surface area contributed by atoms with Crippen LogP contribution in [0.1, 0.15) is 30.9 Å². The van der Waals surface area contributed by atoms with Crippen LogP contribution in [0.3, 0.4) is 0 Å². The fraction of sp³-hybridized carbons (Fsp3) is 0.229. The average Bonchev–Trinajstić information content (AvgIpc) is 3.00. The van der Waals surface area contributed by atoms with Crippen molar-refractivity contribution in [1.82, 2.24) is 4.90 Å². The van der Waals surface area contributed by atoms with Gasteiger partial charge in [0.2, 0.25) is 0 Å². The molecule has 0 aromatic heterocycles. The van der Waals surface area contributed by atoms with E-state index in [1.54, 1.807) is 0 Å². The maximum absolute atomic E-state index is 12.0. The third-order valence-corrected chi connectivity index (χ3v) is 7.72. The lowest BCUT2D eigenvalue weighted by atomic mass is 9.83. The summed E-state index contributed by atoms with van der Waals surface area (Å²) in [6, 6.07) is 38.0. The molecule has 0 bridgehead atoms. The van der Waals surface area contributed by atoms with Gasteiger partial charge in [-0.25, -0.2) is 0 Å². The van der Waals surface area contributed by atoms with E-state index in [4.69, 9.17) is 9.47 Å². The van der Waals surface area contributed by atoms with E-state index >= 15 is 0 Å². The second-order valence-electron chi connectivity index (χ2n) is 10.4. The summed E-state index contributed by atoms with van der Waals surface area (Å²) in [6.45, 7) is 4.16. The smallest absolute Gasteiger partial charge is 0.320 e. The van der Waals surface area contributed by atoms with Gasteiger partial charge >= 0.3 is 5.97 Å². The van der Waals surface area contributed by atoms with Crippen molar-refractivity contribution in [3.63, 3.8) is 0 Å². The predicted molar refractivity (Wildman–Crippen MR) is 160 cm³/mol. The van der Waals surface area contributed by atoms with Crippen LogP contribution in [0, 0.1) is 0 Å². The zero-order valence-electron chi connectivity index (χ0n) is 22.8. The lowest BCUT2D eigenvalue weighted by Gasteiger charge is -2.43. The van der Waals surface area contributed by atoms with Gasteiger partial charge in [0.25, 0.3) is 0 Å². The van der Waals surface area contributed by atoms with E-state index < -0.39 is 5.60 Å². The van der Waals surface area contributed by atoms with Gasteiger partial charge in [0, 0.05) is 48.6 Å². The van der Waals surface area contributed by atoms with Crippen LogP contribution in [0.4, 0.5) is 17.1 Å². The molecule has 2 aliphatic heterocycles. The maximum atomic E-state index is 12.0. The summed E-state index contributed by atoms with van der Waals surface area (Å²) in [6.07, 6.45) is 3.95. The first-order valence-electron chi connectivity index (χ1n) is 14.0. The highest BCUT2D eigenvalue weighted by atomic mass is 16.5. The van der Waals surface area contributed by atoms with E-state index in [0.717, 1.165) is 59.9 Å². The van der Waals surface area contributed by atoms with Crippen LogP contribution in [-0.4, -0.2) is 42.7 Å². The number of fused-ring (bicyclic) bond motifs is 1. The van der Waals surface area contributed by atoms with Crippen LogP contribution in [0.15, 0.2) is 115 Å². The summed E-state index contributed by atoms with van der Waals surface area (Å²) in [5.74, 6) is 0.753. The second kappa shape index (κ2) is 11.4. The molecule has 0 radical (unpaired) electrons. The van der Waals surface area contributed by atoms with Crippen molar-refractivity contribution >= 4 is 28.6 Å². The molecule has 6 rings (SSSR count). The molecule has 5 nitrogen and oxygen atoms in total. The molecule has 0 aliphatic carbocycles. The third kappa shape index (κ3) is 5.38. The van der Waals surface area contributed by atoms with E-state index in [2.05, 4.69) is 107 Å². The van der Waals surface area contributed by atoms with Crippen LogP contribution >= 0.6 is 0 Å². The van der Waals surface area contributed by atoms with E-state index in [-0.39, 0.29) is 5.97 Å². The van der Waals surface area contributed by atoms with Gasteiger partial charge in [0.15, 0.2) is 0 Å². The first-order chi connectivity index (χ1) is 19.6. The molecular formula is C35H34N2O3. The largest absolute Gasteiger partial charge is 0.482 e. The standard InChI is InChI=1S/C35H34N2O3/c1-2-39-34(38)26-36-23-21-35(22-24-36)25-32(31-15-9-10-16-33(31)40-35)27-17-19-30(20-18-27)37(28-11-5-3-6-12-28)29-13-7-4-8-14-29/h3-20,25H,2,21-24,26H2,1H3. The molecular weight excluding hydrogens is 496 g/mol. The van der Waals surface area contributed by atoms with E-state index in [1.165, 1.54) is 5.57 Å². The van der Waals surface area contributed by atoms with E-state index in [9.17, 15) is 4.79 Å². The molecule has 5 heteroatoms. The molecule has 4 aromatic rings. The number of likely N-dealkylation sites (tertiary alicyclic amines) is 1. The highest BCUT2D eigenvalue weighted by Crippen LogP contribution is 2.44. The van der Waals surface area contributed by atoms with Crippen LogP contribution in [-0.2, 0) is 9.53 Å². The van der Waals surface area contributed by atoms with Crippen molar-refractivity contribution in [3.05, 3.63) is 126 Å². The second-order valence-corrected chi connectivity index (χ2v) is 10.4. The van der Waals surface area contributed by atoms with Gasteiger partial charge in [0.1, 0.15) is 11.4 Å². The molecule has 0 amide bonds. The van der Waals surface area contributed by atoms with Gasteiger partial charge < -0.3 is 14.4 Å². The molecule has 1 fully saturated rings. The molecule has 2 heterocycles. The Balaban J connectivity index is 1.31. The quantitative estimate of drug-likeness (QED) is 0.233. The number of anilines is 3. The Hall–Kier alpha value is -4.35. The fourth-order valence-electron chi connectivity index (χ4n) is 5.72. The number of piperidine rings is 1. The summed E-state index contributed by atoms with van der Waals surface area (Å²) in [5.41, 5.74) is 6.40. The van der Waals surface area contributed by atoms with Crippen LogP contribution in [0.25, 0.3) is 5.57 Å². The topological polar surface area (TPSA) is 42.0 Å². The molecule has 2 aliphatic rings. The number of carbonyl (C=O) groups is 1.